The molecule has 4 aliphatic carbocycles. The first-order chi connectivity index (χ1) is 13.7. The zero-order chi connectivity index (χ0) is 20.6. The van der Waals surface area contributed by atoms with Crippen LogP contribution < -0.4 is 0 Å². The van der Waals surface area contributed by atoms with Crippen LogP contribution in [0, 0.1) is 41.4 Å². The van der Waals surface area contributed by atoms with Crippen molar-refractivity contribution in [2.24, 2.45) is 41.5 Å². The summed E-state index contributed by atoms with van der Waals surface area (Å²) in [4.78, 5) is 13.0. The number of carbonyl (C=O) groups is 1. The summed E-state index contributed by atoms with van der Waals surface area (Å²) in [6.07, 6.45) is 12.5. The van der Waals surface area contributed by atoms with Gasteiger partial charge < -0.3 is 5.11 Å². The van der Waals surface area contributed by atoms with Crippen LogP contribution in [0.1, 0.15) is 76.5 Å². The Bertz CT molecular complexity index is 870. The van der Waals surface area contributed by atoms with Gasteiger partial charge in [-0.3, -0.25) is 9.48 Å². The Kier molecular flexibility index (Phi) is 4.40. The summed E-state index contributed by atoms with van der Waals surface area (Å²) in [6.45, 7) is 6.90. The number of aryl methyl sites for hydroxylation is 1. The number of carbonyl (C=O) groups excluding carboxylic acids is 1. The van der Waals surface area contributed by atoms with Gasteiger partial charge in [0.1, 0.15) is 0 Å². The van der Waals surface area contributed by atoms with Gasteiger partial charge in [0.05, 0.1) is 12.3 Å². The normalized spacial score (nSPS) is 45.8. The lowest BCUT2D eigenvalue weighted by Gasteiger charge is -2.60. The molecule has 1 aromatic rings. The first-order valence-corrected chi connectivity index (χ1v) is 11.6. The van der Waals surface area contributed by atoms with Crippen molar-refractivity contribution in [1.29, 1.82) is 0 Å². The van der Waals surface area contributed by atoms with Crippen molar-refractivity contribution < 1.29 is 9.90 Å². The van der Waals surface area contributed by atoms with Gasteiger partial charge in [-0.15, -0.1) is 0 Å². The van der Waals surface area contributed by atoms with Crippen LogP contribution in [0.3, 0.4) is 0 Å². The van der Waals surface area contributed by atoms with Gasteiger partial charge in [0.2, 0.25) is 0 Å². The summed E-state index contributed by atoms with van der Waals surface area (Å²) < 4.78 is 1.88. The lowest BCUT2D eigenvalue weighted by atomic mass is 9.45. The predicted molar refractivity (Wildman–Crippen MR) is 114 cm³/mol. The molecular formula is C25H36N2O2. The third-order valence-electron chi connectivity index (χ3n) is 9.98. The molecule has 5 rings (SSSR count). The minimum atomic E-state index is -0.115. The van der Waals surface area contributed by atoms with E-state index in [9.17, 15) is 9.90 Å². The standard InChI is InChI=1S/C25H36N2O2/c1-15-17(14-26-27(15)4)11-16-13-25(3)18(12-22(16)28)5-6-19-20-7-8-23(29)24(20,2)10-9-21(19)25/h11,14,18-21,23,29H,5-10,12-13H2,1-4H3. The molecule has 4 fully saturated rings. The maximum atomic E-state index is 13.0. The lowest BCUT2D eigenvalue weighted by molar-refractivity contribution is -0.134. The smallest absolute Gasteiger partial charge is 0.159 e. The number of fused-ring (bicyclic) bond motifs is 5. The van der Waals surface area contributed by atoms with Crippen molar-refractivity contribution in [1.82, 2.24) is 9.78 Å². The van der Waals surface area contributed by atoms with Gasteiger partial charge in [-0.25, -0.2) is 0 Å². The van der Waals surface area contributed by atoms with E-state index in [1.165, 1.54) is 25.7 Å². The molecule has 4 aliphatic rings. The molecule has 0 aliphatic heterocycles. The second-order valence-corrected chi connectivity index (χ2v) is 11.1. The summed E-state index contributed by atoms with van der Waals surface area (Å²) in [7, 11) is 1.96. The summed E-state index contributed by atoms with van der Waals surface area (Å²) in [5.41, 5.74) is 3.56. The second-order valence-electron chi connectivity index (χ2n) is 11.1. The van der Waals surface area contributed by atoms with E-state index in [1.807, 2.05) is 17.9 Å². The number of allylic oxidation sites excluding steroid dienone is 1. The van der Waals surface area contributed by atoms with Gasteiger partial charge in [-0.05, 0) is 98.0 Å². The third-order valence-corrected chi connectivity index (χ3v) is 9.98. The molecule has 4 saturated carbocycles. The SMILES string of the molecule is Cc1c(C=C2CC3(C)C(CCC4C5CCC(O)C5(C)CCC43)CC2=O)cnn1C. The van der Waals surface area contributed by atoms with Crippen molar-refractivity contribution in [3.8, 4) is 0 Å². The molecule has 0 spiro atoms. The fraction of sp³-hybridized carbons (Fsp3) is 0.760. The number of hydrogen-bond donors (Lipinski definition) is 1. The zero-order valence-electron chi connectivity index (χ0n) is 18.4. The highest BCUT2D eigenvalue weighted by Crippen LogP contribution is 2.66. The monoisotopic (exact) mass is 396 g/mol. The number of aliphatic hydroxyl groups excluding tert-OH is 1. The molecule has 0 amide bonds. The highest BCUT2D eigenvalue weighted by Gasteiger charge is 2.60. The highest BCUT2D eigenvalue weighted by molar-refractivity contribution is 6.00. The van der Waals surface area contributed by atoms with E-state index < -0.39 is 0 Å². The topological polar surface area (TPSA) is 55.1 Å². The van der Waals surface area contributed by atoms with Crippen LogP contribution >= 0.6 is 0 Å². The maximum absolute atomic E-state index is 13.0. The van der Waals surface area contributed by atoms with Crippen molar-refractivity contribution in [2.45, 2.75) is 78.2 Å². The molecule has 158 valence electrons. The fourth-order valence-electron chi connectivity index (χ4n) is 7.96. The predicted octanol–water partition coefficient (Wildman–Crippen LogP) is 4.69. The van der Waals surface area contributed by atoms with Gasteiger partial charge in [0.25, 0.3) is 0 Å². The maximum Gasteiger partial charge on any atom is 0.159 e. The number of aromatic nitrogens is 2. The minimum Gasteiger partial charge on any atom is -0.393 e. The summed E-state index contributed by atoms with van der Waals surface area (Å²) in [5.74, 6) is 2.96. The van der Waals surface area contributed by atoms with E-state index in [0.29, 0.717) is 23.5 Å². The molecular weight excluding hydrogens is 360 g/mol. The molecule has 4 heteroatoms. The van der Waals surface area contributed by atoms with Crippen LogP contribution in [0.5, 0.6) is 0 Å². The second kappa shape index (κ2) is 6.54. The zero-order valence-corrected chi connectivity index (χ0v) is 18.4. The summed E-state index contributed by atoms with van der Waals surface area (Å²) in [6, 6.07) is 0. The van der Waals surface area contributed by atoms with E-state index in [0.717, 1.165) is 48.4 Å². The number of aliphatic hydroxyl groups is 1. The summed E-state index contributed by atoms with van der Waals surface area (Å²) >= 11 is 0. The van der Waals surface area contributed by atoms with Crippen LogP contribution in [0.15, 0.2) is 11.8 Å². The van der Waals surface area contributed by atoms with Crippen molar-refractivity contribution in [3.63, 3.8) is 0 Å². The van der Waals surface area contributed by atoms with Crippen LogP contribution in [0.4, 0.5) is 0 Å². The van der Waals surface area contributed by atoms with Crippen LogP contribution in [0.25, 0.3) is 6.08 Å². The Balaban J connectivity index is 1.47. The van der Waals surface area contributed by atoms with Crippen LogP contribution in [0.2, 0.25) is 0 Å². The van der Waals surface area contributed by atoms with Gasteiger partial charge in [-0.1, -0.05) is 13.8 Å². The molecule has 7 atom stereocenters. The largest absolute Gasteiger partial charge is 0.393 e. The number of nitrogens with zero attached hydrogens (tertiary/aromatic N) is 2. The quantitative estimate of drug-likeness (QED) is 0.701. The third kappa shape index (κ3) is 2.74. The first-order valence-electron chi connectivity index (χ1n) is 11.6. The van der Waals surface area contributed by atoms with E-state index in [1.54, 1.807) is 0 Å². The fourth-order valence-corrected chi connectivity index (χ4v) is 7.96. The number of hydrogen-bond acceptors (Lipinski definition) is 3. The molecule has 0 saturated heterocycles. The Morgan fingerprint density at radius 1 is 1.14 bits per heavy atom. The molecule has 4 nitrogen and oxygen atoms in total. The average molecular weight is 397 g/mol. The summed E-state index contributed by atoms with van der Waals surface area (Å²) in [5, 5.41) is 15.0. The molecule has 1 heterocycles. The number of ketones is 1. The van der Waals surface area contributed by atoms with Gasteiger partial charge >= 0.3 is 0 Å². The Morgan fingerprint density at radius 3 is 2.62 bits per heavy atom. The van der Waals surface area contributed by atoms with Crippen molar-refractivity contribution >= 4 is 11.9 Å². The molecule has 1 aromatic heterocycles. The van der Waals surface area contributed by atoms with E-state index in [4.69, 9.17) is 0 Å². The van der Waals surface area contributed by atoms with Crippen molar-refractivity contribution in [3.05, 3.63) is 23.0 Å². The Hall–Kier alpha value is -1.42. The van der Waals surface area contributed by atoms with E-state index in [-0.39, 0.29) is 16.9 Å². The number of Topliss-reactive ketones (excluding diaryl/α,β-unsaturated/α-hetero) is 1. The molecule has 7 unspecified atom stereocenters. The molecule has 0 radical (unpaired) electrons. The molecule has 1 N–H and O–H groups in total. The Morgan fingerprint density at radius 2 is 1.90 bits per heavy atom. The number of rotatable bonds is 1. The minimum absolute atomic E-state index is 0.115. The van der Waals surface area contributed by atoms with E-state index in [2.05, 4.69) is 31.9 Å². The highest BCUT2D eigenvalue weighted by atomic mass is 16.3. The van der Waals surface area contributed by atoms with E-state index >= 15 is 0 Å². The molecule has 0 bridgehead atoms. The first kappa shape index (κ1) is 19.5. The average Bonchev–Trinajstić information content (AvgIpc) is 3.16. The molecule has 29 heavy (non-hydrogen) atoms. The molecule has 0 aromatic carbocycles. The van der Waals surface area contributed by atoms with Crippen LogP contribution in [-0.4, -0.2) is 26.8 Å². The van der Waals surface area contributed by atoms with Gasteiger partial charge in [-0.2, -0.15) is 5.10 Å². The Labute approximate surface area is 174 Å². The lowest BCUT2D eigenvalue weighted by Crippen LogP contribution is -2.54. The van der Waals surface area contributed by atoms with Gasteiger partial charge in [0.15, 0.2) is 5.78 Å². The van der Waals surface area contributed by atoms with Crippen LogP contribution in [-0.2, 0) is 11.8 Å². The van der Waals surface area contributed by atoms with Gasteiger partial charge in [0, 0.05) is 24.7 Å². The van der Waals surface area contributed by atoms with Crippen molar-refractivity contribution in [2.75, 3.05) is 0 Å².